The first-order valence-corrected chi connectivity index (χ1v) is 9.58. The zero-order valence-corrected chi connectivity index (χ0v) is 9.60. The molecule has 3 nitrogen and oxygen atoms in total. The fourth-order valence-electron chi connectivity index (χ4n) is 0.712. The first-order valence-electron chi connectivity index (χ1n) is 3.27. The Balaban J connectivity index is 2.29. The van der Waals surface area contributed by atoms with Gasteiger partial charge < -0.3 is 0 Å². The second-order valence-corrected chi connectivity index (χ2v) is 8.28. The van der Waals surface area contributed by atoms with Crippen molar-refractivity contribution in [1.29, 1.82) is 0 Å². The molecule has 0 saturated carbocycles. The van der Waals surface area contributed by atoms with E-state index in [-0.39, 0.29) is 30.4 Å². The van der Waals surface area contributed by atoms with Gasteiger partial charge in [0.05, 0.1) is 0 Å². The van der Waals surface area contributed by atoms with Crippen molar-refractivity contribution >= 4 is 26.5 Å². The van der Waals surface area contributed by atoms with Crippen LogP contribution in [0.4, 0.5) is 0 Å². The van der Waals surface area contributed by atoms with Crippen LogP contribution >= 0.6 is 0 Å². The first kappa shape index (κ1) is 9.74. The molecule has 0 atom stereocenters. The summed E-state index contributed by atoms with van der Waals surface area (Å²) in [6, 6.07) is 9.90. The predicted molar refractivity (Wildman–Crippen MR) is 48.6 cm³/mol. The van der Waals surface area contributed by atoms with Gasteiger partial charge >= 0.3 is 81.7 Å². The van der Waals surface area contributed by atoms with Crippen LogP contribution in [-0.4, -0.2) is 30.4 Å². The summed E-state index contributed by atoms with van der Waals surface area (Å²) in [4.78, 5) is 10.0. The van der Waals surface area contributed by atoms with E-state index in [2.05, 4.69) is 0 Å². The van der Waals surface area contributed by atoms with Gasteiger partial charge in [0, 0.05) is 0 Å². The summed E-state index contributed by atoms with van der Waals surface area (Å²) in [5.41, 5.74) is 1.21. The molecule has 0 heterocycles. The Labute approximate surface area is 81.8 Å². The van der Waals surface area contributed by atoms with Gasteiger partial charge in [0.1, 0.15) is 0 Å². The summed E-state index contributed by atoms with van der Waals surface area (Å²) in [6.07, 6.45) is 0. The van der Waals surface area contributed by atoms with Gasteiger partial charge in [-0.15, -0.1) is 0 Å². The molecule has 0 spiro atoms. The number of benzene rings is 1. The Hall–Kier alpha value is -0.341. The van der Waals surface area contributed by atoms with Gasteiger partial charge in [-0.3, -0.25) is 0 Å². The molecule has 0 unspecified atom stereocenters. The number of hydrogen-bond acceptors (Lipinski definition) is 2. The topological polar surface area (TPSA) is 43.1 Å². The summed E-state index contributed by atoms with van der Waals surface area (Å²) in [5.74, 6) is 0. The molecular formula is C7H7NO2Se2. The van der Waals surface area contributed by atoms with Gasteiger partial charge in [-0.2, -0.15) is 0 Å². The van der Waals surface area contributed by atoms with Crippen LogP contribution in [0.15, 0.2) is 30.3 Å². The van der Waals surface area contributed by atoms with E-state index in [0.29, 0.717) is 0 Å². The third-order valence-corrected chi connectivity index (χ3v) is 6.37. The van der Waals surface area contributed by atoms with Crippen molar-refractivity contribution in [2.24, 2.45) is 0 Å². The molecule has 0 aliphatic rings. The van der Waals surface area contributed by atoms with E-state index in [9.17, 15) is 10.1 Å². The van der Waals surface area contributed by atoms with E-state index in [1.54, 1.807) is 0 Å². The van der Waals surface area contributed by atoms with Gasteiger partial charge in [-0.1, -0.05) is 0 Å². The molecule has 0 fully saturated rings. The SMILES string of the molecule is O=[N+]([O-])[Se][Se]Cc1ccccc1. The number of hydrogen-bond donors (Lipinski definition) is 0. The van der Waals surface area contributed by atoms with Crippen LogP contribution in [-0.2, 0) is 5.32 Å². The molecule has 0 saturated heterocycles. The van der Waals surface area contributed by atoms with Crippen LogP contribution in [0.25, 0.3) is 0 Å². The van der Waals surface area contributed by atoms with Crippen molar-refractivity contribution in [3.8, 4) is 0 Å². The molecule has 64 valence electrons. The van der Waals surface area contributed by atoms with Crippen LogP contribution < -0.4 is 0 Å². The molecule has 1 aromatic carbocycles. The van der Waals surface area contributed by atoms with Gasteiger partial charge in [0.25, 0.3) is 0 Å². The molecule has 0 aromatic heterocycles. The summed E-state index contributed by atoms with van der Waals surface area (Å²) in [5, 5.41) is 10.9. The monoisotopic (exact) mass is 297 g/mol. The van der Waals surface area contributed by atoms with Crippen LogP contribution in [0.1, 0.15) is 5.56 Å². The summed E-state index contributed by atoms with van der Waals surface area (Å²) in [6.45, 7) is 0. The van der Waals surface area contributed by atoms with E-state index >= 15 is 0 Å². The molecule has 0 aliphatic carbocycles. The zero-order chi connectivity index (χ0) is 8.81. The van der Waals surface area contributed by atoms with Crippen LogP contribution in [0.5, 0.6) is 0 Å². The number of rotatable bonds is 4. The maximum absolute atomic E-state index is 10.0. The minimum atomic E-state index is -0.386. The number of nitro groups is 1. The van der Waals surface area contributed by atoms with Crippen molar-refractivity contribution in [2.45, 2.75) is 5.32 Å². The molecule has 12 heavy (non-hydrogen) atoms. The molecular weight excluding hydrogens is 288 g/mol. The first-order chi connectivity index (χ1) is 5.79. The molecule has 0 aliphatic heterocycles. The number of nitrogens with zero attached hydrogens (tertiary/aromatic N) is 1. The van der Waals surface area contributed by atoms with Gasteiger partial charge in [0.2, 0.25) is 0 Å². The van der Waals surface area contributed by atoms with E-state index < -0.39 is 0 Å². The third-order valence-electron chi connectivity index (χ3n) is 1.18. The van der Waals surface area contributed by atoms with Crippen molar-refractivity contribution in [3.63, 3.8) is 0 Å². The fraction of sp³-hybridized carbons (Fsp3) is 0.143. The maximum atomic E-state index is 10.0. The van der Waals surface area contributed by atoms with Gasteiger partial charge in [0.15, 0.2) is 0 Å². The Kier molecular flexibility index (Phi) is 4.33. The van der Waals surface area contributed by atoms with Gasteiger partial charge in [-0.05, 0) is 0 Å². The molecule has 1 rings (SSSR count). The van der Waals surface area contributed by atoms with Crippen molar-refractivity contribution in [3.05, 3.63) is 46.0 Å². The molecule has 0 radical (unpaired) electrons. The Morgan fingerprint density at radius 1 is 1.33 bits per heavy atom. The summed E-state index contributed by atoms with van der Waals surface area (Å²) in [7, 11) is 0. The van der Waals surface area contributed by atoms with Crippen LogP contribution in [0, 0.1) is 10.1 Å². The Morgan fingerprint density at radius 3 is 2.58 bits per heavy atom. The predicted octanol–water partition coefficient (Wildman–Crippen LogP) is 0.702. The fourth-order valence-corrected chi connectivity index (χ4v) is 4.69. The van der Waals surface area contributed by atoms with Crippen molar-refractivity contribution < 1.29 is 3.94 Å². The molecule has 0 N–H and O–H groups in total. The van der Waals surface area contributed by atoms with E-state index in [1.165, 1.54) is 5.56 Å². The van der Waals surface area contributed by atoms with Crippen LogP contribution in [0.3, 0.4) is 0 Å². The van der Waals surface area contributed by atoms with E-state index in [4.69, 9.17) is 0 Å². The van der Waals surface area contributed by atoms with Crippen LogP contribution in [0.2, 0.25) is 0 Å². The minimum absolute atomic E-state index is 0.165. The van der Waals surface area contributed by atoms with E-state index in [1.807, 2.05) is 30.3 Å². The average Bonchev–Trinajstić information content (AvgIpc) is 2.05. The van der Waals surface area contributed by atoms with Crippen molar-refractivity contribution in [1.82, 2.24) is 0 Å². The second kappa shape index (κ2) is 5.33. The Bertz CT molecular complexity index is 253. The van der Waals surface area contributed by atoms with Crippen molar-refractivity contribution in [2.75, 3.05) is 0 Å². The standard InChI is InChI=1S/C7H7NO2Se2/c9-8(10)12-11-6-7-4-2-1-3-5-7/h1-5H,6H2. The normalized spacial score (nSPS) is 9.67. The zero-order valence-electron chi connectivity index (χ0n) is 6.17. The quantitative estimate of drug-likeness (QED) is 0.466. The molecule has 0 amide bonds. The average molecular weight is 295 g/mol. The van der Waals surface area contributed by atoms with Gasteiger partial charge in [-0.25, -0.2) is 0 Å². The molecule has 5 heteroatoms. The third kappa shape index (κ3) is 3.88. The molecule has 0 bridgehead atoms. The second-order valence-electron chi connectivity index (χ2n) is 2.05. The van der Waals surface area contributed by atoms with E-state index in [0.717, 1.165) is 5.32 Å². The Morgan fingerprint density at radius 2 is 2.00 bits per heavy atom. The molecule has 1 aromatic rings. The summed E-state index contributed by atoms with van der Waals surface area (Å²) >= 11 is -0.222. The summed E-state index contributed by atoms with van der Waals surface area (Å²) < 4.78 is -0.185.